The Morgan fingerprint density at radius 2 is 1.94 bits per heavy atom. The van der Waals surface area contributed by atoms with Gasteiger partial charge in [-0.2, -0.15) is 5.10 Å². The van der Waals surface area contributed by atoms with Gasteiger partial charge in [0.15, 0.2) is 0 Å². The second-order valence-corrected chi connectivity index (χ2v) is 8.23. The molecule has 2 aromatic heterocycles. The van der Waals surface area contributed by atoms with Gasteiger partial charge < -0.3 is 10.5 Å². The summed E-state index contributed by atoms with van der Waals surface area (Å²) in [4.78, 5) is 25.3. The average Bonchev–Trinajstić information content (AvgIpc) is 3.48. The van der Waals surface area contributed by atoms with Crippen LogP contribution in [0.25, 0.3) is 11.4 Å². The number of nitrogen functional groups attached to an aromatic ring is 1. The molecule has 2 amide bonds. The number of nitrogens with two attached hydrogens (primary N) is 1. The Morgan fingerprint density at radius 1 is 1.15 bits per heavy atom. The van der Waals surface area contributed by atoms with E-state index in [4.69, 9.17) is 15.6 Å². The number of aryl methyl sites for hydroxylation is 1. The van der Waals surface area contributed by atoms with Crippen LogP contribution in [0.4, 0.5) is 16.4 Å². The summed E-state index contributed by atoms with van der Waals surface area (Å²) in [5, 5.41) is 4.74. The third-order valence-electron chi connectivity index (χ3n) is 6.23. The maximum atomic E-state index is 13.3. The molecule has 1 fully saturated rings. The molecule has 9 heteroatoms. The van der Waals surface area contributed by atoms with Gasteiger partial charge in [0.05, 0.1) is 12.8 Å². The predicted octanol–water partition coefficient (Wildman–Crippen LogP) is 3.82. The summed E-state index contributed by atoms with van der Waals surface area (Å²) in [6.07, 6.45) is 10.6. The number of urea groups is 1. The Morgan fingerprint density at radius 3 is 2.68 bits per heavy atom. The van der Waals surface area contributed by atoms with Crippen LogP contribution < -0.4 is 15.4 Å². The van der Waals surface area contributed by atoms with E-state index in [2.05, 4.69) is 22.2 Å². The van der Waals surface area contributed by atoms with Crippen molar-refractivity contribution in [3.05, 3.63) is 72.2 Å². The number of methoxy groups -OCH3 is 1. The largest absolute Gasteiger partial charge is 0.497 e. The second-order valence-electron chi connectivity index (χ2n) is 8.23. The fourth-order valence-electron chi connectivity index (χ4n) is 4.46. The molecular formula is C25H27N7O2. The van der Waals surface area contributed by atoms with Crippen molar-refractivity contribution in [2.45, 2.75) is 25.8 Å². The van der Waals surface area contributed by atoms with Crippen LogP contribution >= 0.6 is 0 Å². The molecule has 9 nitrogen and oxygen atoms in total. The zero-order valence-electron chi connectivity index (χ0n) is 19.3. The molecule has 3 heterocycles. The Labute approximate surface area is 198 Å². The maximum Gasteiger partial charge on any atom is 0.328 e. The third kappa shape index (κ3) is 4.00. The lowest BCUT2D eigenvalue weighted by molar-refractivity contribution is 0.229. The third-order valence-corrected chi connectivity index (χ3v) is 6.23. The molecule has 34 heavy (non-hydrogen) atoms. The van der Waals surface area contributed by atoms with Crippen LogP contribution in [0.5, 0.6) is 5.75 Å². The quantitative estimate of drug-likeness (QED) is 0.604. The summed E-state index contributed by atoms with van der Waals surface area (Å²) >= 11 is 0. The normalized spacial score (nSPS) is 17.9. The Hall–Kier alpha value is -4.14. The first-order valence-corrected chi connectivity index (χ1v) is 11.3. The van der Waals surface area contributed by atoms with E-state index in [1.54, 1.807) is 18.2 Å². The van der Waals surface area contributed by atoms with Gasteiger partial charge in [0.2, 0.25) is 5.95 Å². The van der Waals surface area contributed by atoms with E-state index in [0.717, 1.165) is 34.9 Å². The number of rotatable bonds is 6. The van der Waals surface area contributed by atoms with E-state index < -0.39 is 0 Å². The van der Waals surface area contributed by atoms with Gasteiger partial charge in [-0.1, -0.05) is 12.2 Å². The maximum absolute atomic E-state index is 13.3. The molecular weight excluding hydrogens is 430 g/mol. The number of ether oxygens (including phenoxy) is 1. The highest BCUT2D eigenvalue weighted by molar-refractivity contribution is 5.95. The molecule has 0 spiro atoms. The van der Waals surface area contributed by atoms with Crippen molar-refractivity contribution in [3.8, 4) is 17.1 Å². The van der Waals surface area contributed by atoms with Crippen LogP contribution in [0.15, 0.2) is 66.7 Å². The molecule has 3 aromatic rings. The van der Waals surface area contributed by atoms with Crippen molar-refractivity contribution < 1.29 is 9.53 Å². The molecule has 0 bridgehead atoms. The molecule has 2 N–H and O–H groups in total. The van der Waals surface area contributed by atoms with Crippen LogP contribution in [0, 0.1) is 0 Å². The number of anilines is 2. The van der Waals surface area contributed by atoms with E-state index in [0.29, 0.717) is 25.2 Å². The summed E-state index contributed by atoms with van der Waals surface area (Å²) in [5.74, 6) is 1.05. The van der Waals surface area contributed by atoms with Crippen LogP contribution in [0.3, 0.4) is 0 Å². The monoisotopic (exact) mass is 457 g/mol. The fraction of sp³-hybridized carbons (Fsp3) is 0.280. The van der Waals surface area contributed by atoms with Gasteiger partial charge >= 0.3 is 6.03 Å². The van der Waals surface area contributed by atoms with E-state index >= 15 is 0 Å². The summed E-state index contributed by atoms with van der Waals surface area (Å²) in [6, 6.07) is 9.38. The number of amides is 2. The number of aromatic nitrogens is 4. The Balaban J connectivity index is 1.38. The number of hydrogen-bond donors (Lipinski definition) is 1. The molecule has 1 atom stereocenters. The van der Waals surface area contributed by atoms with Crippen LogP contribution in [-0.4, -0.2) is 50.9 Å². The topological polar surface area (TPSA) is 102 Å². The number of allylic oxidation sites excluding steroid dienone is 4. The van der Waals surface area contributed by atoms with Crippen molar-refractivity contribution in [1.82, 2.24) is 24.6 Å². The van der Waals surface area contributed by atoms with Gasteiger partial charge in [-0.3, -0.25) is 14.5 Å². The van der Waals surface area contributed by atoms with Crippen molar-refractivity contribution in [3.63, 3.8) is 0 Å². The smallest absolute Gasteiger partial charge is 0.328 e. The molecule has 0 saturated carbocycles. The lowest BCUT2D eigenvalue weighted by Crippen LogP contribution is -2.32. The van der Waals surface area contributed by atoms with E-state index in [-0.39, 0.29) is 17.9 Å². The highest BCUT2D eigenvalue weighted by atomic mass is 16.5. The summed E-state index contributed by atoms with van der Waals surface area (Å²) in [7, 11) is 1.63. The fourth-order valence-corrected chi connectivity index (χ4v) is 4.46. The lowest BCUT2D eigenvalue weighted by Gasteiger charge is -2.26. The molecule has 1 aromatic carbocycles. The van der Waals surface area contributed by atoms with Crippen LogP contribution in [0.2, 0.25) is 0 Å². The molecule has 0 radical (unpaired) electrons. The molecule has 174 valence electrons. The average molecular weight is 458 g/mol. The number of benzene rings is 1. The number of carbonyl (C=O) groups excluding carboxylic acids is 1. The zero-order valence-corrected chi connectivity index (χ0v) is 19.3. The first-order chi connectivity index (χ1) is 16.6. The Bertz CT molecular complexity index is 1260. The molecule has 1 unspecified atom stereocenters. The van der Waals surface area contributed by atoms with Gasteiger partial charge in [0.1, 0.15) is 11.4 Å². The van der Waals surface area contributed by atoms with Crippen molar-refractivity contribution in [2.24, 2.45) is 0 Å². The van der Waals surface area contributed by atoms with E-state index in [9.17, 15) is 4.79 Å². The molecule has 2 aliphatic rings. The summed E-state index contributed by atoms with van der Waals surface area (Å²) < 4.78 is 7.14. The van der Waals surface area contributed by atoms with Crippen molar-refractivity contribution in [2.75, 3.05) is 30.8 Å². The standard InChI is InChI=1S/C25H27N7O2/c1-3-30-16-21(23(29-30)22-11-12-27-24(26)28-22)17-5-4-6-19(15-17)32-14-13-31(25(32)33)18-7-9-20(34-2)10-8-18/h4-12,16-17H,3,13-15H2,1-2H3,(H2,26,27,28). The number of nitrogens with zero attached hydrogens (tertiary/aromatic N) is 6. The molecule has 1 aliphatic heterocycles. The van der Waals surface area contributed by atoms with Gasteiger partial charge in [0.25, 0.3) is 0 Å². The summed E-state index contributed by atoms with van der Waals surface area (Å²) in [5.41, 5.74) is 10.2. The minimum atomic E-state index is -0.0153. The van der Waals surface area contributed by atoms with Crippen LogP contribution in [-0.2, 0) is 6.54 Å². The zero-order chi connectivity index (χ0) is 23.7. The molecule has 1 saturated heterocycles. The first kappa shape index (κ1) is 21.7. The van der Waals surface area contributed by atoms with Gasteiger partial charge in [-0.25, -0.2) is 14.8 Å². The van der Waals surface area contributed by atoms with Crippen molar-refractivity contribution in [1.29, 1.82) is 0 Å². The van der Waals surface area contributed by atoms with E-state index in [1.165, 1.54) is 0 Å². The summed E-state index contributed by atoms with van der Waals surface area (Å²) in [6.45, 7) is 4.07. The number of carbonyl (C=O) groups is 1. The number of hydrogen-bond acceptors (Lipinski definition) is 6. The Kier molecular flexibility index (Phi) is 5.75. The van der Waals surface area contributed by atoms with Crippen molar-refractivity contribution >= 4 is 17.7 Å². The van der Waals surface area contributed by atoms with E-state index in [1.807, 2.05) is 59.0 Å². The van der Waals surface area contributed by atoms with Gasteiger partial charge in [-0.05, 0) is 49.8 Å². The lowest BCUT2D eigenvalue weighted by atomic mass is 9.90. The molecule has 1 aliphatic carbocycles. The highest BCUT2D eigenvalue weighted by Gasteiger charge is 2.33. The van der Waals surface area contributed by atoms with Gasteiger partial charge in [0, 0.05) is 54.9 Å². The molecule has 5 rings (SSSR count). The van der Waals surface area contributed by atoms with Crippen LogP contribution in [0.1, 0.15) is 24.8 Å². The highest BCUT2D eigenvalue weighted by Crippen LogP contribution is 2.37. The second kappa shape index (κ2) is 9.01. The van der Waals surface area contributed by atoms with Gasteiger partial charge in [-0.15, -0.1) is 0 Å². The minimum absolute atomic E-state index is 0.0153. The predicted molar refractivity (Wildman–Crippen MR) is 130 cm³/mol. The first-order valence-electron chi connectivity index (χ1n) is 11.3. The minimum Gasteiger partial charge on any atom is -0.497 e. The SMILES string of the molecule is CCn1cc(C2C=CC=C(N3CCN(c4ccc(OC)cc4)C3=O)C2)c(-c2ccnc(N)n2)n1.